The molecule has 0 saturated heterocycles. The average Bonchev–Trinajstić information content (AvgIpc) is 2.91. The van der Waals surface area contributed by atoms with Crippen molar-refractivity contribution < 1.29 is 19.2 Å². The lowest BCUT2D eigenvalue weighted by Gasteiger charge is -2.00. The number of hydrogen-bond donors (Lipinski definition) is 3. The van der Waals surface area contributed by atoms with E-state index in [1.807, 2.05) is 0 Å². The SMILES string of the molecule is O=C(CCCCCC(=O)N/N=C/c1ccco1)NO. The summed E-state index contributed by atoms with van der Waals surface area (Å²) in [6.07, 6.45) is 5.58. The fourth-order valence-corrected chi connectivity index (χ4v) is 1.39. The minimum atomic E-state index is -0.410. The lowest BCUT2D eigenvalue weighted by atomic mass is 10.1. The number of furan rings is 1. The van der Waals surface area contributed by atoms with Crippen LogP contribution in [0.3, 0.4) is 0 Å². The summed E-state index contributed by atoms with van der Waals surface area (Å²) in [6.45, 7) is 0. The number of amides is 2. The molecule has 0 fully saturated rings. The third-order valence-corrected chi connectivity index (χ3v) is 2.36. The molecule has 0 spiro atoms. The summed E-state index contributed by atoms with van der Waals surface area (Å²) in [5.41, 5.74) is 3.94. The second-order valence-corrected chi connectivity index (χ2v) is 3.90. The molecule has 3 N–H and O–H groups in total. The smallest absolute Gasteiger partial charge is 0.243 e. The molecule has 0 aliphatic heterocycles. The largest absolute Gasteiger partial charge is 0.463 e. The first-order valence-electron chi connectivity index (χ1n) is 6.00. The molecule has 0 unspecified atom stereocenters. The second kappa shape index (κ2) is 8.87. The summed E-state index contributed by atoms with van der Waals surface area (Å²) in [6, 6.07) is 3.45. The highest BCUT2D eigenvalue weighted by atomic mass is 16.5. The third kappa shape index (κ3) is 6.99. The summed E-state index contributed by atoms with van der Waals surface area (Å²) in [4.78, 5) is 22.0. The van der Waals surface area contributed by atoms with Gasteiger partial charge < -0.3 is 4.42 Å². The maximum atomic E-state index is 11.3. The number of nitrogens with one attached hydrogen (secondary N) is 2. The summed E-state index contributed by atoms with van der Waals surface area (Å²) in [7, 11) is 0. The Morgan fingerprint density at radius 1 is 1.26 bits per heavy atom. The van der Waals surface area contributed by atoms with Gasteiger partial charge in [0.05, 0.1) is 12.5 Å². The van der Waals surface area contributed by atoms with Crippen LogP contribution in [0.25, 0.3) is 0 Å². The van der Waals surface area contributed by atoms with Crippen LogP contribution in [-0.4, -0.2) is 23.2 Å². The molecule has 1 aromatic heterocycles. The van der Waals surface area contributed by atoms with Gasteiger partial charge in [-0.3, -0.25) is 14.8 Å². The molecule has 0 saturated carbocycles. The second-order valence-electron chi connectivity index (χ2n) is 3.90. The van der Waals surface area contributed by atoms with Gasteiger partial charge in [0.15, 0.2) is 0 Å². The Balaban J connectivity index is 2.03. The Hall–Kier alpha value is -2.15. The van der Waals surface area contributed by atoms with Crippen LogP contribution in [0.1, 0.15) is 37.9 Å². The fraction of sp³-hybridized carbons (Fsp3) is 0.417. The Morgan fingerprint density at radius 2 is 2.00 bits per heavy atom. The van der Waals surface area contributed by atoms with E-state index < -0.39 is 5.91 Å². The van der Waals surface area contributed by atoms with Crippen molar-refractivity contribution >= 4 is 18.0 Å². The van der Waals surface area contributed by atoms with E-state index in [4.69, 9.17) is 9.62 Å². The van der Waals surface area contributed by atoms with Gasteiger partial charge in [0.2, 0.25) is 11.8 Å². The van der Waals surface area contributed by atoms with E-state index in [0.29, 0.717) is 25.0 Å². The minimum Gasteiger partial charge on any atom is -0.463 e. The van der Waals surface area contributed by atoms with Gasteiger partial charge in [0.1, 0.15) is 5.76 Å². The predicted octanol–water partition coefficient (Wildman–Crippen LogP) is 1.19. The molecule has 7 nitrogen and oxygen atoms in total. The molecular formula is C12H17N3O4. The van der Waals surface area contributed by atoms with E-state index in [9.17, 15) is 9.59 Å². The monoisotopic (exact) mass is 267 g/mol. The Bertz CT molecular complexity index is 415. The van der Waals surface area contributed by atoms with Crippen molar-refractivity contribution in [3.63, 3.8) is 0 Å². The molecule has 0 atom stereocenters. The molecule has 0 radical (unpaired) electrons. The van der Waals surface area contributed by atoms with E-state index >= 15 is 0 Å². The molecule has 2 amide bonds. The number of unbranched alkanes of at least 4 members (excludes halogenated alkanes) is 2. The first kappa shape index (κ1) is 14.9. The van der Waals surface area contributed by atoms with Crippen LogP contribution in [0.2, 0.25) is 0 Å². The molecule has 1 heterocycles. The van der Waals surface area contributed by atoms with Gasteiger partial charge in [-0.05, 0) is 25.0 Å². The van der Waals surface area contributed by atoms with Crippen molar-refractivity contribution in [2.45, 2.75) is 32.1 Å². The molecule has 104 valence electrons. The van der Waals surface area contributed by atoms with Crippen molar-refractivity contribution in [3.8, 4) is 0 Å². The van der Waals surface area contributed by atoms with E-state index in [1.165, 1.54) is 12.5 Å². The highest BCUT2D eigenvalue weighted by Crippen LogP contribution is 2.02. The van der Waals surface area contributed by atoms with Gasteiger partial charge in [0.25, 0.3) is 0 Å². The summed E-state index contributed by atoms with van der Waals surface area (Å²) in [5, 5.41) is 12.0. The Kier molecular flexibility index (Phi) is 6.96. The van der Waals surface area contributed by atoms with Crippen LogP contribution in [0.4, 0.5) is 0 Å². The highest BCUT2D eigenvalue weighted by molar-refractivity contribution is 5.80. The molecule has 0 aliphatic carbocycles. The van der Waals surface area contributed by atoms with Crippen LogP contribution in [0.5, 0.6) is 0 Å². The molecule has 0 aliphatic rings. The summed E-state index contributed by atoms with van der Waals surface area (Å²) >= 11 is 0. The van der Waals surface area contributed by atoms with Gasteiger partial charge >= 0.3 is 0 Å². The van der Waals surface area contributed by atoms with Crippen LogP contribution in [-0.2, 0) is 9.59 Å². The van der Waals surface area contributed by atoms with E-state index in [0.717, 1.165) is 6.42 Å². The van der Waals surface area contributed by atoms with E-state index in [2.05, 4.69) is 10.5 Å². The Labute approximate surface area is 110 Å². The quantitative estimate of drug-likeness (QED) is 0.285. The molecule has 0 aromatic carbocycles. The van der Waals surface area contributed by atoms with Crippen molar-refractivity contribution in [1.82, 2.24) is 10.9 Å². The number of hydrazone groups is 1. The number of nitrogens with zero attached hydrogens (tertiary/aromatic N) is 1. The van der Waals surface area contributed by atoms with Crippen LogP contribution >= 0.6 is 0 Å². The summed E-state index contributed by atoms with van der Waals surface area (Å²) in [5.74, 6) is -0.0303. The van der Waals surface area contributed by atoms with Gasteiger partial charge in [-0.2, -0.15) is 5.10 Å². The van der Waals surface area contributed by atoms with Crippen LogP contribution < -0.4 is 10.9 Å². The van der Waals surface area contributed by atoms with E-state index in [1.54, 1.807) is 17.6 Å². The Morgan fingerprint density at radius 3 is 2.63 bits per heavy atom. The summed E-state index contributed by atoms with van der Waals surface area (Å²) < 4.78 is 5.00. The predicted molar refractivity (Wildman–Crippen MR) is 67.5 cm³/mol. The van der Waals surface area contributed by atoms with Crippen molar-refractivity contribution in [2.75, 3.05) is 0 Å². The van der Waals surface area contributed by atoms with Gasteiger partial charge in [0, 0.05) is 12.8 Å². The van der Waals surface area contributed by atoms with Gasteiger partial charge in [-0.15, -0.1) is 0 Å². The molecule has 1 rings (SSSR count). The van der Waals surface area contributed by atoms with Gasteiger partial charge in [-0.25, -0.2) is 10.9 Å². The standard InChI is InChI=1S/C12H17N3O4/c16-11(6-2-1-3-7-12(17)15-18)14-13-9-10-5-4-8-19-10/h4-5,8-9,18H,1-3,6-7H2,(H,14,16)(H,15,17)/b13-9+. The van der Waals surface area contributed by atoms with Crippen LogP contribution in [0, 0.1) is 0 Å². The number of hydroxylamine groups is 1. The van der Waals surface area contributed by atoms with Crippen molar-refractivity contribution in [1.29, 1.82) is 0 Å². The van der Waals surface area contributed by atoms with Gasteiger partial charge in [-0.1, -0.05) is 6.42 Å². The zero-order valence-electron chi connectivity index (χ0n) is 10.5. The van der Waals surface area contributed by atoms with E-state index in [-0.39, 0.29) is 12.3 Å². The lowest BCUT2D eigenvalue weighted by Crippen LogP contribution is -2.18. The fourth-order valence-electron chi connectivity index (χ4n) is 1.39. The highest BCUT2D eigenvalue weighted by Gasteiger charge is 2.01. The minimum absolute atomic E-state index is 0.186. The molecule has 1 aromatic rings. The maximum absolute atomic E-state index is 11.3. The first-order chi connectivity index (χ1) is 9.22. The van der Waals surface area contributed by atoms with Crippen LogP contribution in [0.15, 0.2) is 27.9 Å². The number of carbonyl (C=O) groups is 2. The lowest BCUT2D eigenvalue weighted by molar-refractivity contribution is -0.129. The normalized spacial score (nSPS) is 10.6. The zero-order valence-corrected chi connectivity index (χ0v) is 10.5. The molecule has 7 heteroatoms. The molecule has 19 heavy (non-hydrogen) atoms. The number of hydrogen-bond acceptors (Lipinski definition) is 5. The third-order valence-electron chi connectivity index (χ3n) is 2.36. The maximum Gasteiger partial charge on any atom is 0.243 e. The topological polar surface area (TPSA) is 104 Å². The zero-order chi connectivity index (χ0) is 13.9. The number of carbonyl (C=O) groups excluding carboxylic acids is 2. The number of rotatable bonds is 8. The van der Waals surface area contributed by atoms with Crippen molar-refractivity contribution in [2.24, 2.45) is 5.10 Å². The first-order valence-corrected chi connectivity index (χ1v) is 6.00. The molecular weight excluding hydrogens is 250 g/mol. The van der Waals surface area contributed by atoms with Crippen molar-refractivity contribution in [3.05, 3.63) is 24.2 Å². The average molecular weight is 267 g/mol. The molecule has 0 bridgehead atoms.